The number of amides is 2. The molecule has 1 aromatic carbocycles. The molecule has 1 heterocycles. The number of anilines is 1. The van der Waals surface area contributed by atoms with E-state index in [0.717, 1.165) is 23.3 Å². The molecule has 1 aromatic heterocycles. The summed E-state index contributed by atoms with van der Waals surface area (Å²) in [5.74, 6) is 0.237. The van der Waals surface area contributed by atoms with Crippen LogP contribution in [0.3, 0.4) is 0 Å². The van der Waals surface area contributed by atoms with Gasteiger partial charge in [-0.3, -0.25) is 14.5 Å². The second-order valence-corrected chi connectivity index (χ2v) is 9.01. The van der Waals surface area contributed by atoms with E-state index in [2.05, 4.69) is 18.8 Å². The first-order valence-electron chi connectivity index (χ1n) is 10.9. The van der Waals surface area contributed by atoms with Gasteiger partial charge in [0.2, 0.25) is 11.8 Å². The van der Waals surface area contributed by atoms with E-state index < -0.39 is 6.04 Å². The Hall–Kier alpha value is -2.86. The summed E-state index contributed by atoms with van der Waals surface area (Å²) >= 11 is 1.52. The average Bonchev–Trinajstić information content (AvgIpc) is 3.26. The molecule has 0 spiro atoms. The highest BCUT2D eigenvalue weighted by Crippen LogP contribution is 2.28. The Morgan fingerprint density at radius 3 is 2.56 bits per heavy atom. The van der Waals surface area contributed by atoms with Crippen molar-refractivity contribution >= 4 is 28.8 Å². The first kappa shape index (κ1) is 25.4. The number of thiophene rings is 1. The third-order valence-corrected chi connectivity index (χ3v) is 6.09. The minimum absolute atomic E-state index is 0.00205. The molecule has 2 unspecified atom stereocenters. The molecule has 5 nitrogen and oxygen atoms in total. The number of hydrogen-bond donors (Lipinski definition) is 1. The molecule has 172 valence electrons. The smallest absolute Gasteiger partial charge is 0.248 e. The van der Waals surface area contributed by atoms with Crippen molar-refractivity contribution in [3.63, 3.8) is 0 Å². The van der Waals surface area contributed by atoms with Gasteiger partial charge in [-0.15, -0.1) is 11.3 Å². The zero-order chi connectivity index (χ0) is 23.7. The number of hydrogen-bond acceptors (Lipinski definition) is 4. The third kappa shape index (κ3) is 6.57. The lowest BCUT2D eigenvalue weighted by molar-refractivity contribution is -0.125. The number of ether oxygens (including phenoxy) is 1. The molecule has 0 saturated carbocycles. The molecule has 6 heteroatoms. The Bertz CT molecular complexity index is 946. The van der Waals surface area contributed by atoms with Crippen LogP contribution in [0.25, 0.3) is 0 Å². The molecule has 0 aliphatic rings. The lowest BCUT2D eigenvalue weighted by atomic mass is 9.97. The van der Waals surface area contributed by atoms with Gasteiger partial charge >= 0.3 is 0 Å². The average molecular weight is 455 g/mol. The molecule has 0 aliphatic heterocycles. The molecular weight excluding hydrogens is 420 g/mol. The molecule has 0 aliphatic carbocycles. The molecule has 2 atom stereocenters. The Morgan fingerprint density at radius 2 is 2.00 bits per heavy atom. The predicted octanol–water partition coefficient (Wildman–Crippen LogP) is 5.53. The molecule has 2 amide bonds. The maximum atomic E-state index is 13.7. The van der Waals surface area contributed by atoms with Crippen LogP contribution in [0.4, 0.5) is 5.69 Å². The Kier molecular flexibility index (Phi) is 9.72. The van der Waals surface area contributed by atoms with Crippen LogP contribution in [0.1, 0.15) is 45.4 Å². The highest BCUT2D eigenvalue weighted by molar-refractivity contribution is 7.10. The van der Waals surface area contributed by atoms with Crippen LogP contribution in [0.2, 0.25) is 0 Å². The van der Waals surface area contributed by atoms with Crippen molar-refractivity contribution < 1.29 is 14.3 Å². The second-order valence-electron chi connectivity index (χ2n) is 7.98. The zero-order valence-corrected chi connectivity index (χ0v) is 20.5. The van der Waals surface area contributed by atoms with Gasteiger partial charge in [0.25, 0.3) is 0 Å². The third-order valence-electron chi connectivity index (χ3n) is 5.21. The van der Waals surface area contributed by atoms with Crippen molar-refractivity contribution in [1.82, 2.24) is 5.32 Å². The fourth-order valence-electron chi connectivity index (χ4n) is 3.66. The molecule has 0 radical (unpaired) electrons. The number of nitrogens with zero attached hydrogens (tertiary/aromatic N) is 1. The van der Waals surface area contributed by atoms with E-state index in [4.69, 9.17) is 4.74 Å². The minimum atomic E-state index is -0.837. The van der Waals surface area contributed by atoms with E-state index in [-0.39, 0.29) is 24.3 Å². The van der Waals surface area contributed by atoms with Gasteiger partial charge in [0.1, 0.15) is 11.8 Å². The highest BCUT2D eigenvalue weighted by atomic mass is 32.1. The lowest BCUT2D eigenvalue weighted by Crippen LogP contribution is -2.53. The van der Waals surface area contributed by atoms with E-state index in [1.807, 2.05) is 56.5 Å². The van der Waals surface area contributed by atoms with Crippen LogP contribution in [0, 0.1) is 0 Å². The molecule has 0 saturated heterocycles. The van der Waals surface area contributed by atoms with Gasteiger partial charge in [0, 0.05) is 22.7 Å². The molecule has 0 fully saturated rings. The summed E-state index contributed by atoms with van der Waals surface area (Å²) in [5, 5.41) is 5.04. The van der Waals surface area contributed by atoms with Gasteiger partial charge in [-0.25, -0.2) is 0 Å². The largest absolute Gasteiger partial charge is 0.497 e. The normalized spacial score (nSPS) is 12.4. The standard InChI is InChI=1S/C26H34N2O3S/c1-7-11-19(5)27-26(30)25(23(8-2)18(3)4)28(20-12-9-13-21(16-20)31-6)24(29)17-22-14-10-15-32-22/h8-10,12-16,19,25H,2,7,11,17H2,1,3-6H3,(H,27,30). The van der Waals surface area contributed by atoms with E-state index in [0.29, 0.717) is 17.0 Å². The zero-order valence-electron chi connectivity index (χ0n) is 19.7. The maximum absolute atomic E-state index is 13.7. The summed E-state index contributed by atoms with van der Waals surface area (Å²) in [6.07, 6.45) is 3.70. The Labute approximate surface area is 195 Å². The van der Waals surface area contributed by atoms with Crippen molar-refractivity contribution in [1.29, 1.82) is 0 Å². The fourth-order valence-corrected chi connectivity index (χ4v) is 4.35. The lowest BCUT2D eigenvalue weighted by Gasteiger charge is -2.33. The van der Waals surface area contributed by atoms with Crippen LogP contribution in [0.5, 0.6) is 5.75 Å². The van der Waals surface area contributed by atoms with Crippen LogP contribution in [-0.4, -0.2) is 31.0 Å². The van der Waals surface area contributed by atoms with Gasteiger partial charge in [-0.05, 0) is 56.3 Å². The topological polar surface area (TPSA) is 58.6 Å². The van der Waals surface area contributed by atoms with Crippen molar-refractivity contribution in [2.45, 2.75) is 59.0 Å². The van der Waals surface area contributed by atoms with Crippen LogP contribution in [0.15, 0.2) is 65.6 Å². The maximum Gasteiger partial charge on any atom is 0.248 e. The number of allylic oxidation sites excluding steroid dienone is 1. The quantitative estimate of drug-likeness (QED) is 0.454. The van der Waals surface area contributed by atoms with Crippen molar-refractivity contribution in [2.24, 2.45) is 0 Å². The summed E-state index contributed by atoms with van der Waals surface area (Å²) in [6, 6.07) is 10.3. The van der Waals surface area contributed by atoms with Crippen LogP contribution < -0.4 is 15.0 Å². The van der Waals surface area contributed by atoms with Gasteiger partial charge < -0.3 is 10.1 Å². The van der Waals surface area contributed by atoms with Crippen molar-refractivity contribution in [2.75, 3.05) is 12.0 Å². The van der Waals surface area contributed by atoms with Gasteiger partial charge in [0.15, 0.2) is 0 Å². The fraction of sp³-hybridized carbons (Fsp3) is 0.385. The second kappa shape index (κ2) is 12.2. The van der Waals surface area contributed by atoms with Crippen molar-refractivity contribution in [3.8, 4) is 5.75 Å². The summed E-state index contributed by atoms with van der Waals surface area (Å²) in [7, 11) is 1.58. The minimum Gasteiger partial charge on any atom is -0.497 e. The Balaban J connectivity index is 2.60. The number of carbonyl (C=O) groups is 2. The van der Waals surface area contributed by atoms with Crippen LogP contribution in [-0.2, 0) is 16.0 Å². The molecule has 2 rings (SSSR count). The summed E-state index contributed by atoms with van der Waals surface area (Å²) < 4.78 is 5.39. The number of methoxy groups -OCH3 is 1. The van der Waals surface area contributed by atoms with Crippen molar-refractivity contribution in [3.05, 3.63) is 70.5 Å². The SMILES string of the molecule is C=CC(=C(C)C)C(C(=O)NC(C)CCC)N(C(=O)Cc1cccs1)c1cccc(OC)c1. The van der Waals surface area contributed by atoms with Crippen LogP contribution >= 0.6 is 11.3 Å². The Morgan fingerprint density at radius 1 is 1.25 bits per heavy atom. The molecule has 2 aromatic rings. The summed E-state index contributed by atoms with van der Waals surface area (Å²) in [4.78, 5) is 29.8. The molecular formula is C26H34N2O3S. The van der Waals surface area contributed by atoms with E-state index in [9.17, 15) is 9.59 Å². The number of rotatable bonds is 11. The van der Waals surface area contributed by atoms with Gasteiger partial charge in [-0.1, -0.05) is 43.7 Å². The molecule has 32 heavy (non-hydrogen) atoms. The first-order chi connectivity index (χ1) is 15.3. The number of benzene rings is 1. The van der Waals surface area contributed by atoms with Gasteiger partial charge in [-0.2, -0.15) is 0 Å². The molecule has 1 N–H and O–H groups in total. The predicted molar refractivity (Wildman–Crippen MR) is 133 cm³/mol. The first-order valence-corrected chi connectivity index (χ1v) is 11.8. The number of nitrogens with one attached hydrogen (secondary N) is 1. The number of carbonyl (C=O) groups excluding carboxylic acids is 2. The van der Waals surface area contributed by atoms with E-state index in [1.165, 1.54) is 11.3 Å². The summed E-state index contributed by atoms with van der Waals surface area (Å²) in [6.45, 7) is 11.9. The molecule has 0 bridgehead atoms. The van der Waals surface area contributed by atoms with E-state index in [1.54, 1.807) is 24.2 Å². The summed E-state index contributed by atoms with van der Waals surface area (Å²) in [5.41, 5.74) is 2.25. The monoisotopic (exact) mass is 454 g/mol. The highest BCUT2D eigenvalue weighted by Gasteiger charge is 2.34. The van der Waals surface area contributed by atoms with E-state index >= 15 is 0 Å². The van der Waals surface area contributed by atoms with Gasteiger partial charge in [0.05, 0.1) is 13.5 Å².